The van der Waals surface area contributed by atoms with Crippen molar-refractivity contribution in [1.29, 1.82) is 0 Å². The molecule has 2 heterocycles. The third-order valence-corrected chi connectivity index (χ3v) is 3.29. The lowest BCUT2D eigenvalue weighted by atomic mass is 10.2. The van der Waals surface area contributed by atoms with Crippen LogP contribution < -0.4 is 5.32 Å². The van der Waals surface area contributed by atoms with Crippen molar-refractivity contribution >= 4 is 5.82 Å². The highest BCUT2D eigenvalue weighted by Gasteiger charge is 2.11. The number of methoxy groups -OCH3 is 1. The topological polar surface area (TPSA) is 64.9 Å². The van der Waals surface area contributed by atoms with E-state index < -0.39 is 0 Å². The van der Waals surface area contributed by atoms with Crippen LogP contribution in [0.4, 0.5) is 5.82 Å². The van der Waals surface area contributed by atoms with Gasteiger partial charge in [0, 0.05) is 36.7 Å². The van der Waals surface area contributed by atoms with Crippen LogP contribution >= 0.6 is 0 Å². The zero-order valence-corrected chi connectivity index (χ0v) is 12.5. The van der Waals surface area contributed by atoms with E-state index in [-0.39, 0.29) is 0 Å². The van der Waals surface area contributed by atoms with Crippen LogP contribution in [0.1, 0.15) is 22.6 Å². The molecule has 0 aliphatic heterocycles. The van der Waals surface area contributed by atoms with Crippen LogP contribution in [0.15, 0.2) is 12.4 Å². The molecule has 1 N–H and O–H groups in total. The molecule has 0 unspecified atom stereocenters. The SMILES string of the molecule is COCCn1nc(C)c(CNc2cc(C)ncn2)c1C. The van der Waals surface area contributed by atoms with E-state index in [1.54, 1.807) is 13.4 Å². The second-order valence-corrected chi connectivity index (χ2v) is 4.76. The van der Waals surface area contributed by atoms with Crippen LogP contribution in [-0.2, 0) is 17.8 Å². The van der Waals surface area contributed by atoms with Crippen LogP contribution in [0.5, 0.6) is 0 Å². The van der Waals surface area contributed by atoms with E-state index in [2.05, 4.69) is 27.3 Å². The fourth-order valence-electron chi connectivity index (χ4n) is 2.12. The van der Waals surface area contributed by atoms with E-state index in [1.165, 1.54) is 5.56 Å². The van der Waals surface area contributed by atoms with Gasteiger partial charge in [-0.3, -0.25) is 4.68 Å². The van der Waals surface area contributed by atoms with Crippen molar-refractivity contribution in [1.82, 2.24) is 19.7 Å². The van der Waals surface area contributed by atoms with Gasteiger partial charge in [-0.2, -0.15) is 5.10 Å². The molecule has 0 bridgehead atoms. The second kappa shape index (κ2) is 6.47. The normalized spacial score (nSPS) is 10.8. The summed E-state index contributed by atoms with van der Waals surface area (Å²) in [5.41, 5.74) is 4.36. The molecular weight excluding hydrogens is 254 g/mol. The van der Waals surface area contributed by atoms with Gasteiger partial charge in [-0.05, 0) is 20.8 Å². The van der Waals surface area contributed by atoms with Crippen LogP contribution in [-0.4, -0.2) is 33.5 Å². The lowest BCUT2D eigenvalue weighted by Crippen LogP contribution is -2.08. The first kappa shape index (κ1) is 14.5. The van der Waals surface area contributed by atoms with Gasteiger partial charge in [0.2, 0.25) is 0 Å². The number of ether oxygens (including phenoxy) is 1. The molecule has 0 radical (unpaired) electrons. The summed E-state index contributed by atoms with van der Waals surface area (Å²) in [4.78, 5) is 8.29. The maximum atomic E-state index is 5.10. The van der Waals surface area contributed by atoms with Crippen LogP contribution in [0.25, 0.3) is 0 Å². The molecule has 0 saturated carbocycles. The number of hydrogen-bond acceptors (Lipinski definition) is 5. The third kappa shape index (κ3) is 3.33. The molecule has 2 rings (SSSR count). The summed E-state index contributed by atoms with van der Waals surface area (Å²) in [6, 6.07) is 1.93. The minimum Gasteiger partial charge on any atom is -0.383 e. The molecule has 0 spiro atoms. The maximum Gasteiger partial charge on any atom is 0.129 e. The van der Waals surface area contributed by atoms with Crippen molar-refractivity contribution in [3.05, 3.63) is 35.0 Å². The molecule has 2 aromatic heterocycles. The summed E-state index contributed by atoms with van der Waals surface area (Å²) in [6.07, 6.45) is 1.57. The van der Waals surface area contributed by atoms with E-state index in [9.17, 15) is 0 Å². The first-order valence-electron chi connectivity index (χ1n) is 6.66. The van der Waals surface area contributed by atoms with Crippen LogP contribution in [0.2, 0.25) is 0 Å². The zero-order chi connectivity index (χ0) is 14.5. The summed E-state index contributed by atoms with van der Waals surface area (Å²) in [5, 5.41) is 7.86. The van der Waals surface area contributed by atoms with Crippen molar-refractivity contribution in [3.63, 3.8) is 0 Å². The van der Waals surface area contributed by atoms with Gasteiger partial charge in [0.05, 0.1) is 18.8 Å². The summed E-state index contributed by atoms with van der Waals surface area (Å²) < 4.78 is 7.09. The molecule has 6 heteroatoms. The van der Waals surface area contributed by atoms with Gasteiger partial charge in [-0.15, -0.1) is 0 Å². The molecule has 0 atom stereocenters. The molecule has 20 heavy (non-hydrogen) atoms. The fraction of sp³-hybridized carbons (Fsp3) is 0.500. The molecule has 0 aliphatic rings. The number of aryl methyl sites for hydroxylation is 2. The quantitative estimate of drug-likeness (QED) is 0.871. The summed E-state index contributed by atoms with van der Waals surface area (Å²) >= 11 is 0. The van der Waals surface area contributed by atoms with Crippen molar-refractivity contribution in [3.8, 4) is 0 Å². The van der Waals surface area contributed by atoms with E-state index >= 15 is 0 Å². The van der Waals surface area contributed by atoms with Crippen LogP contribution in [0, 0.1) is 20.8 Å². The summed E-state index contributed by atoms with van der Waals surface area (Å²) in [6.45, 7) is 8.21. The summed E-state index contributed by atoms with van der Waals surface area (Å²) in [5.74, 6) is 0.834. The molecule has 108 valence electrons. The average Bonchev–Trinajstić information content (AvgIpc) is 2.69. The lowest BCUT2D eigenvalue weighted by molar-refractivity contribution is 0.182. The Balaban J connectivity index is 2.07. The van der Waals surface area contributed by atoms with E-state index in [1.807, 2.05) is 24.6 Å². The van der Waals surface area contributed by atoms with Gasteiger partial charge >= 0.3 is 0 Å². The molecule has 0 aliphatic carbocycles. The molecule has 0 amide bonds. The van der Waals surface area contributed by atoms with Crippen molar-refractivity contribution < 1.29 is 4.74 Å². The van der Waals surface area contributed by atoms with Crippen LogP contribution in [0.3, 0.4) is 0 Å². The first-order valence-corrected chi connectivity index (χ1v) is 6.66. The van der Waals surface area contributed by atoms with Gasteiger partial charge in [0.25, 0.3) is 0 Å². The molecule has 0 aromatic carbocycles. The Labute approximate surface area is 119 Å². The predicted molar refractivity (Wildman–Crippen MR) is 77.7 cm³/mol. The number of nitrogens with one attached hydrogen (secondary N) is 1. The number of hydrogen-bond donors (Lipinski definition) is 1. The highest BCUT2D eigenvalue weighted by Crippen LogP contribution is 2.15. The van der Waals surface area contributed by atoms with Gasteiger partial charge in [0.15, 0.2) is 0 Å². The van der Waals surface area contributed by atoms with E-state index in [4.69, 9.17) is 4.74 Å². The van der Waals surface area contributed by atoms with Gasteiger partial charge in [-0.1, -0.05) is 0 Å². The Bertz CT molecular complexity index is 579. The minimum absolute atomic E-state index is 0.667. The summed E-state index contributed by atoms with van der Waals surface area (Å²) in [7, 11) is 1.70. The molecule has 0 saturated heterocycles. The average molecular weight is 275 g/mol. The molecule has 2 aromatic rings. The number of anilines is 1. The number of nitrogens with zero attached hydrogens (tertiary/aromatic N) is 4. The van der Waals surface area contributed by atoms with Crippen molar-refractivity contribution in [2.75, 3.05) is 19.0 Å². The maximum absolute atomic E-state index is 5.10. The number of aromatic nitrogens is 4. The fourth-order valence-corrected chi connectivity index (χ4v) is 2.12. The Hall–Kier alpha value is -1.95. The van der Waals surface area contributed by atoms with Gasteiger partial charge in [-0.25, -0.2) is 9.97 Å². The van der Waals surface area contributed by atoms with Crippen molar-refractivity contribution in [2.45, 2.75) is 33.9 Å². The molecule has 0 fully saturated rings. The van der Waals surface area contributed by atoms with Gasteiger partial charge < -0.3 is 10.1 Å². The first-order chi connectivity index (χ1) is 9.61. The standard InChI is InChI=1S/C14H21N5O/c1-10-7-14(17-9-16-10)15-8-13-11(2)18-19(12(13)3)5-6-20-4/h7,9H,5-6,8H2,1-4H3,(H,15,16,17). The zero-order valence-electron chi connectivity index (χ0n) is 12.5. The van der Waals surface area contributed by atoms with Crippen molar-refractivity contribution in [2.24, 2.45) is 0 Å². The monoisotopic (exact) mass is 275 g/mol. The minimum atomic E-state index is 0.667. The highest BCUT2D eigenvalue weighted by molar-refractivity contribution is 5.37. The lowest BCUT2D eigenvalue weighted by Gasteiger charge is -2.07. The second-order valence-electron chi connectivity index (χ2n) is 4.76. The smallest absolute Gasteiger partial charge is 0.129 e. The Kier molecular flexibility index (Phi) is 4.68. The Morgan fingerprint density at radius 1 is 1.25 bits per heavy atom. The predicted octanol–water partition coefficient (Wildman–Crippen LogP) is 1.86. The number of rotatable bonds is 6. The molecule has 6 nitrogen and oxygen atoms in total. The Morgan fingerprint density at radius 2 is 2.05 bits per heavy atom. The highest BCUT2D eigenvalue weighted by atomic mass is 16.5. The Morgan fingerprint density at radius 3 is 2.75 bits per heavy atom. The van der Waals surface area contributed by atoms with Gasteiger partial charge in [0.1, 0.15) is 12.1 Å². The molecular formula is C14H21N5O. The van der Waals surface area contributed by atoms with E-state index in [0.29, 0.717) is 13.2 Å². The largest absolute Gasteiger partial charge is 0.383 e. The third-order valence-electron chi connectivity index (χ3n) is 3.29. The van der Waals surface area contributed by atoms with E-state index in [0.717, 1.165) is 29.4 Å².